The number of allylic oxidation sites excluding steroid dienone is 6. The third kappa shape index (κ3) is 14.7. The SMILES string of the molecule is CC(=O)NC(C[Se]C/C=C(\C)CC/C=C(\C)CCC=C(C)C)C(=N)N. The molecular weight excluding hydrogens is 377 g/mol. The molecular formula is C20H35N3OSe. The second-order valence-electron chi connectivity index (χ2n) is 6.71. The van der Waals surface area contributed by atoms with E-state index in [2.05, 4.69) is 51.2 Å². The van der Waals surface area contributed by atoms with Crippen molar-refractivity contribution in [2.24, 2.45) is 5.73 Å². The van der Waals surface area contributed by atoms with Gasteiger partial charge in [0.25, 0.3) is 0 Å². The van der Waals surface area contributed by atoms with Crippen LogP contribution in [0.4, 0.5) is 0 Å². The number of rotatable bonds is 12. The average molecular weight is 412 g/mol. The number of hydrogen-bond donors (Lipinski definition) is 3. The zero-order valence-corrected chi connectivity index (χ0v) is 18.2. The molecule has 1 atom stereocenters. The monoisotopic (exact) mass is 413 g/mol. The molecule has 0 aromatic rings. The summed E-state index contributed by atoms with van der Waals surface area (Å²) >= 11 is 0.343. The molecule has 0 bridgehead atoms. The first-order valence-corrected chi connectivity index (χ1v) is 11.3. The van der Waals surface area contributed by atoms with E-state index in [-0.39, 0.29) is 17.8 Å². The predicted molar refractivity (Wildman–Crippen MR) is 110 cm³/mol. The van der Waals surface area contributed by atoms with Crippen LogP contribution < -0.4 is 11.1 Å². The van der Waals surface area contributed by atoms with Crippen molar-refractivity contribution in [1.29, 1.82) is 5.41 Å². The summed E-state index contributed by atoms with van der Waals surface area (Å²) in [6.07, 6.45) is 11.4. The van der Waals surface area contributed by atoms with Crippen molar-refractivity contribution in [2.75, 3.05) is 0 Å². The Hall–Kier alpha value is -1.32. The quantitative estimate of drug-likeness (QED) is 0.146. The first kappa shape index (κ1) is 23.7. The molecule has 1 amide bonds. The molecule has 0 aromatic heterocycles. The Balaban J connectivity index is 4.07. The molecule has 0 fully saturated rings. The van der Waals surface area contributed by atoms with Crippen LogP contribution in [0.25, 0.3) is 0 Å². The van der Waals surface area contributed by atoms with E-state index < -0.39 is 0 Å². The van der Waals surface area contributed by atoms with Gasteiger partial charge in [0.1, 0.15) is 0 Å². The molecule has 4 N–H and O–H groups in total. The molecule has 5 heteroatoms. The standard InChI is InChI=1S/C20H35N3OSe/c1-15(2)8-6-9-16(3)10-7-11-17(4)12-13-25-14-19(20(21)22)23-18(5)24/h8,10,12,19H,6-7,9,11,13-14H2,1-5H3,(H3,21,22)(H,23,24)/b16-10+,17-12+. The summed E-state index contributed by atoms with van der Waals surface area (Å²) in [6.45, 7) is 10.1. The van der Waals surface area contributed by atoms with Gasteiger partial charge in [-0.05, 0) is 0 Å². The van der Waals surface area contributed by atoms with E-state index in [4.69, 9.17) is 11.1 Å². The Morgan fingerprint density at radius 2 is 1.60 bits per heavy atom. The number of amidine groups is 1. The van der Waals surface area contributed by atoms with Gasteiger partial charge in [-0.3, -0.25) is 0 Å². The molecule has 0 aliphatic carbocycles. The van der Waals surface area contributed by atoms with Gasteiger partial charge in [-0.15, -0.1) is 0 Å². The molecule has 0 saturated carbocycles. The maximum atomic E-state index is 11.1. The zero-order chi connectivity index (χ0) is 19.2. The van der Waals surface area contributed by atoms with Crippen molar-refractivity contribution in [3.05, 3.63) is 34.9 Å². The van der Waals surface area contributed by atoms with Crippen molar-refractivity contribution < 1.29 is 4.79 Å². The van der Waals surface area contributed by atoms with E-state index in [1.165, 1.54) is 23.6 Å². The number of carbonyl (C=O) groups excluding carboxylic acids is 1. The van der Waals surface area contributed by atoms with E-state index in [0.717, 1.165) is 36.3 Å². The summed E-state index contributed by atoms with van der Waals surface area (Å²) in [7, 11) is 0. The van der Waals surface area contributed by atoms with Crippen molar-refractivity contribution in [3.8, 4) is 0 Å². The van der Waals surface area contributed by atoms with Crippen LogP contribution in [0.5, 0.6) is 0 Å². The van der Waals surface area contributed by atoms with E-state index in [0.29, 0.717) is 15.0 Å². The van der Waals surface area contributed by atoms with Crippen LogP contribution in [-0.4, -0.2) is 32.7 Å². The Kier molecular flexibility index (Phi) is 13.2. The van der Waals surface area contributed by atoms with Gasteiger partial charge in [-0.1, -0.05) is 0 Å². The minimum atomic E-state index is -0.308. The Morgan fingerprint density at radius 1 is 1.04 bits per heavy atom. The molecule has 1 unspecified atom stereocenters. The first-order chi connectivity index (χ1) is 11.7. The number of nitrogens with two attached hydrogens (primary N) is 1. The van der Waals surface area contributed by atoms with Gasteiger partial charge >= 0.3 is 160 Å². The number of carbonyl (C=O) groups is 1. The fourth-order valence-electron chi connectivity index (χ4n) is 2.18. The number of hydrogen-bond acceptors (Lipinski definition) is 2. The average Bonchev–Trinajstić information content (AvgIpc) is 2.49. The third-order valence-corrected chi connectivity index (χ3v) is 5.75. The molecule has 0 radical (unpaired) electrons. The molecule has 0 spiro atoms. The van der Waals surface area contributed by atoms with Gasteiger partial charge < -0.3 is 0 Å². The summed E-state index contributed by atoms with van der Waals surface area (Å²) in [5.74, 6) is -0.0824. The van der Waals surface area contributed by atoms with E-state index >= 15 is 0 Å². The summed E-state index contributed by atoms with van der Waals surface area (Å²) in [5.41, 5.74) is 9.79. The number of nitrogens with one attached hydrogen (secondary N) is 2. The zero-order valence-electron chi connectivity index (χ0n) is 16.4. The molecule has 0 rings (SSSR count). The van der Waals surface area contributed by atoms with Crippen molar-refractivity contribution in [3.63, 3.8) is 0 Å². The molecule has 0 aliphatic heterocycles. The van der Waals surface area contributed by atoms with Crippen LogP contribution in [0, 0.1) is 5.41 Å². The summed E-state index contributed by atoms with van der Waals surface area (Å²) < 4.78 is 0. The van der Waals surface area contributed by atoms with Gasteiger partial charge in [-0.2, -0.15) is 0 Å². The summed E-state index contributed by atoms with van der Waals surface area (Å²) in [4.78, 5) is 11.1. The third-order valence-electron chi connectivity index (χ3n) is 3.71. The topological polar surface area (TPSA) is 79.0 Å². The summed E-state index contributed by atoms with van der Waals surface area (Å²) in [6, 6.07) is -0.308. The number of amides is 1. The molecule has 4 nitrogen and oxygen atoms in total. The fraction of sp³-hybridized carbons (Fsp3) is 0.600. The van der Waals surface area contributed by atoms with E-state index in [1.807, 2.05) is 0 Å². The van der Waals surface area contributed by atoms with Crippen LogP contribution in [0.3, 0.4) is 0 Å². The second kappa shape index (κ2) is 13.9. The molecule has 0 heterocycles. The van der Waals surface area contributed by atoms with Crippen LogP contribution in [0.1, 0.15) is 60.3 Å². The Morgan fingerprint density at radius 3 is 2.12 bits per heavy atom. The van der Waals surface area contributed by atoms with Gasteiger partial charge in [0.2, 0.25) is 0 Å². The minimum absolute atomic E-state index is 0.0477. The van der Waals surface area contributed by atoms with Crippen LogP contribution in [0.2, 0.25) is 10.6 Å². The van der Waals surface area contributed by atoms with Crippen molar-refractivity contribution >= 4 is 26.7 Å². The summed E-state index contributed by atoms with van der Waals surface area (Å²) in [5, 5.41) is 12.0. The van der Waals surface area contributed by atoms with Crippen LogP contribution in [-0.2, 0) is 4.79 Å². The predicted octanol–water partition coefficient (Wildman–Crippen LogP) is 4.39. The van der Waals surface area contributed by atoms with Crippen molar-refractivity contribution in [1.82, 2.24) is 5.32 Å². The second-order valence-corrected chi connectivity index (χ2v) is 8.96. The Bertz CT molecular complexity index is 517. The normalized spacial score (nSPS) is 13.3. The fourth-order valence-corrected chi connectivity index (χ4v) is 4.36. The van der Waals surface area contributed by atoms with E-state index in [9.17, 15) is 4.79 Å². The van der Waals surface area contributed by atoms with Crippen LogP contribution >= 0.6 is 0 Å². The van der Waals surface area contributed by atoms with Gasteiger partial charge in [0.15, 0.2) is 0 Å². The molecule has 25 heavy (non-hydrogen) atoms. The first-order valence-electron chi connectivity index (χ1n) is 8.85. The molecule has 0 aromatic carbocycles. The van der Waals surface area contributed by atoms with E-state index in [1.54, 1.807) is 0 Å². The molecule has 142 valence electrons. The van der Waals surface area contributed by atoms with Gasteiger partial charge in [-0.25, -0.2) is 0 Å². The maximum absolute atomic E-state index is 11.1. The molecule has 0 saturated heterocycles. The van der Waals surface area contributed by atoms with Crippen molar-refractivity contribution in [2.45, 2.75) is 77.0 Å². The van der Waals surface area contributed by atoms with Gasteiger partial charge in [0, 0.05) is 0 Å². The molecule has 0 aliphatic rings. The van der Waals surface area contributed by atoms with Crippen LogP contribution in [0.15, 0.2) is 34.9 Å². The Labute approximate surface area is 160 Å². The van der Waals surface area contributed by atoms with Gasteiger partial charge in [0.05, 0.1) is 0 Å².